The number of hydrazone groups is 1. The van der Waals surface area contributed by atoms with Crippen molar-refractivity contribution in [2.45, 2.75) is 19.0 Å². The Morgan fingerprint density at radius 3 is 2.40 bits per heavy atom. The van der Waals surface area contributed by atoms with Gasteiger partial charge in [-0.3, -0.25) is 9.36 Å². The molecule has 0 fully saturated rings. The summed E-state index contributed by atoms with van der Waals surface area (Å²) >= 11 is 7.90. The van der Waals surface area contributed by atoms with Gasteiger partial charge in [-0.1, -0.05) is 75.2 Å². The van der Waals surface area contributed by atoms with E-state index in [-0.39, 0.29) is 17.4 Å². The van der Waals surface area contributed by atoms with E-state index < -0.39 is 0 Å². The Morgan fingerprint density at radius 1 is 1.06 bits per heavy atom. The molecule has 4 rings (SSSR count). The lowest BCUT2D eigenvalue weighted by atomic mass is 10.1. The van der Waals surface area contributed by atoms with E-state index in [1.165, 1.54) is 18.0 Å². The van der Waals surface area contributed by atoms with Crippen molar-refractivity contribution in [3.05, 3.63) is 86.3 Å². The first kappa shape index (κ1) is 25.2. The Kier molecular flexibility index (Phi) is 8.04. The summed E-state index contributed by atoms with van der Waals surface area (Å²) in [5.74, 6) is 0.514. The minimum absolute atomic E-state index is 0.0374. The van der Waals surface area contributed by atoms with Crippen LogP contribution in [0.5, 0.6) is 5.75 Å². The number of amides is 1. The lowest BCUT2D eigenvalue weighted by Gasteiger charge is -2.11. The number of carbonyl (C=O) groups excluding carboxylic acids is 1. The number of phenols is 1. The molecule has 0 aliphatic carbocycles. The van der Waals surface area contributed by atoms with E-state index in [0.717, 1.165) is 26.9 Å². The minimum atomic E-state index is -0.310. The maximum Gasteiger partial charge on any atom is 0.250 e. The largest absolute Gasteiger partial charge is 0.506 e. The molecule has 0 aliphatic rings. The van der Waals surface area contributed by atoms with E-state index in [4.69, 9.17) is 0 Å². The molecule has 35 heavy (non-hydrogen) atoms. The third-order valence-corrected chi connectivity index (χ3v) is 7.01. The number of aromatic nitrogens is 3. The number of aromatic hydroxyl groups is 1. The van der Waals surface area contributed by atoms with Gasteiger partial charge in [-0.05, 0) is 54.0 Å². The number of carbonyl (C=O) groups is 1. The fraction of sp³-hybridized carbons (Fsp3) is 0.120. The number of aryl methyl sites for hydroxylation is 2. The number of benzene rings is 3. The third kappa shape index (κ3) is 6.19. The van der Waals surface area contributed by atoms with Gasteiger partial charge in [-0.15, -0.1) is 10.2 Å². The number of halogens is 2. The van der Waals surface area contributed by atoms with E-state index in [9.17, 15) is 9.90 Å². The highest BCUT2D eigenvalue weighted by Crippen LogP contribution is 2.31. The van der Waals surface area contributed by atoms with Gasteiger partial charge >= 0.3 is 0 Å². The van der Waals surface area contributed by atoms with Gasteiger partial charge in [0.2, 0.25) is 0 Å². The van der Waals surface area contributed by atoms with Gasteiger partial charge in [0.05, 0.1) is 16.4 Å². The zero-order chi connectivity index (χ0) is 24.9. The van der Waals surface area contributed by atoms with Crippen LogP contribution in [0.1, 0.15) is 16.7 Å². The summed E-state index contributed by atoms with van der Waals surface area (Å²) in [6, 6.07) is 19.6. The number of nitrogens with zero attached hydrogens (tertiary/aromatic N) is 4. The molecular formula is C25H21Br2N5O2S. The van der Waals surface area contributed by atoms with Crippen LogP contribution in [0.2, 0.25) is 0 Å². The standard InChI is InChI=1S/C25H21Br2N5O2S/c1-15-3-7-17(8-4-15)24-30-31-25(32(24)20-9-5-16(2)6-10-20)35-14-22(33)29-28-13-18-11-19(26)12-21(27)23(18)34/h3-13,34H,14H2,1-2H3,(H,29,33)/b28-13+. The summed E-state index contributed by atoms with van der Waals surface area (Å²) < 4.78 is 3.24. The topological polar surface area (TPSA) is 92.4 Å². The highest BCUT2D eigenvalue weighted by atomic mass is 79.9. The van der Waals surface area contributed by atoms with E-state index in [2.05, 4.69) is 52.6 Å². The van der Waals surface area contributed by atoms with Gasteiger partial charge in [0.1, 0.15) is 5.75 Å². The summed E-state index contributed by atoms with van der Waals surface area (Å²) in [4.78, 5) is 12.4. The van der Waals surface area contributed by atoms with Crippen molar-refractivity contribution in [1.82, 2.24) is 20.2 Å². The van der Waals surface area contributed by atoms with Crippen molar-refractivity contribution in [3.63, 3.8) is 0 Å². The van der Waals surface area contributed by atoms with Gasteiger partial charge in [-0.2, -0.15) is 5.10 Å². The molecule has 1 aromatic heterocycles. The molecule has 0 saturated carbocycles. The predicted molar refractivity (Wildman–Crippen MR) is 146 cm³/mol. The van der Waals surface area contributed by atoms with Crippen LogP contribution in [0.4, 0.5) is 0 Å². The molecule has 0 unspecified atom stereocenters. The van der Waals surface area contributed by atoms with Gasteiger partial charge in [0.25, 0.3) is 5.91 Å². The predicted octanol–water partition coefficient (Wildman–Crippen LogP) is 6.02. The van der Waals surface area contributed by atoms with Crippen molar-refractivity contribution < 1.29 is 9.90 Å². The van der Waals surface area contributed by atoms with Crippen molar-refractivity contribution in [1.29, 1.82) is 0 Å². The van der Waals surface area contributed by atoms with E-state index >= 15 is 0 Å². The third-order valence-electron chi connectivity index (χ3n) is 5.02. The number of rotatable bonds is 7. The van der Waals surface area contributed by atoms with Crippen molar-refractivity contribution in [3.8, 4) is 22.8 Å². The van der Waals surface area contributed by atoms with E-state index in [1.54, 1.807) is 12.1 Å². The molecule has 0 atom stereocenters. The van der Waals surface area contributed by atoms with Gasteiger partial charge in [-0.25, -0.2) is 5.43 Å². The lowest BCUT2D eigenvalue weighted by Crippen LogP contribution is -2.20. The smallest absolute Gasteiger partial charge is 0.250 e. The van der Waals surface area contributed by atoms with Crippen molar-refractivity contribution in [2.24, 2.45) is 5.10 Å². The first-order valence-electron chi connectivity index (χ1n) is 10.5. The highest BCUT2D eigenvalue weighted by Gasteiger charge is 2.17. The van der Waals surface area contributed by atoms with Gasteiger partial charge < -0.3 is 5.11 Å². The molecule has 7 nitrogen and oxygen atoms in total. The Labute approximate surface area is 223 Å². The maximum absolute atomic E-state index is 12.4. The van der Waals surface area contributed by atoms with Crippen LogP contribution in [-0.4, -0.2) is 37.7 Å². The molecule has 2 N–H and O–H groups in total. The van der Waals surface area contributed by atoms with Crippen LogP contribution >= 0.6 is 43.6 Å². The van der Waals surface area contributed by atoms with Crippen LogP contribution in [0.25, 0.3) is 17.1 Å². The second-order valence-corrected chi connectivity index (χ2v) is 10.5. The summed E-state index contributed by atoms with van der Waals surface area (Å²) in [6.45, 7) is 4.07. The average molecular weight is 615 g/mol. The van der Waals surface area contributed by atoms with Gasteiger partial charge in [0.15, 0.2) is 11.0 Å². The summed E-state index contributed by atoms with van der Waals surface area (Å²) in [7, 11) is 0. The number of nitrogens with one attached hydrogen (secondary N) is 1. The SMILES string of the molecule is Cc1ccc(-c2nnc(SCC(=O)N/N=C/c3cc(Br)cc(Br)c3O)n2-c2ccc(C)cc2)cc1. The Hall–Kier alpha value is -2.95. The first-order valence-corrected chi connectivity index (χ1v) is 13.1. The summed E-state index contributed by atoms with van der Waals surface area (Å²) in [6.07, 6.45) is 1.39. The van der Waals surface area contributed by atoms with Gasteiger partial charge in [0, 0.05) is 21.3 Å². The minimum Gasteiger partial charge on any atom is -0.506 e. The molecule has 1 heterocycles. The molecule has 0 saturated heterocycles. The normalized spacial score (nSPS) is 11.2. The summed E-state index contributed by atoms with van der Waals surface area (Å²) in [5.41, 5.74) is 7.10. The molecule has 3 aromatic carbocycles. The molecule has 178 valence electrons. The molecular weight excluding hydrogens is 594 g/mol. The molecule has 4 aromatic rings. The van der Waals surface area contributed by atoms with E-state index in [0.29, 0.717) is 21.0 Å². The van der Waals surface area contributed by atoms with Crippen molar-refractivity contribution >= 4 is 55.7 Å². The Bertz CT molecular complexity index is 1390. The quantitative estimate of drug-likeness (QED) is 0.151. The van der Waals surface area contributed by atoms with E-state index in [1.807, 2.05) is 66.9 Å². The second-order valence-electron chi connectivity index (χ2n) is 7.75. The second kappa shape index (κ2) is 11.2. The number of phenolic OH excluding ortho intramolecular Hbond substituents is 1. The van der Waals surface area contributed by atoms with Crippen LogP contribution < -0.4 is 5.43 Å². The van der Waals surface area contributed by atoms with Crippen molar-refractivity contribution in [2.75, 3.05) is 5.75 Å². The lowest BCUT2D eigenvalue weighted by molar-refractivity contribution is -0.118. The fourth-order valence-corrected chi connectivity index (χ4v) is 5.20. The van der Waals surface area contributed by atoms with Crippen LogP contribution in [0, 0.1) is 13.8 Å². The first-order chi connectivity index (χ1) is 16.8. The Balaban J connectivity index is 1.51. The molecule has 0 spiro atoms. The molecule has 0 bridgehead atoms. The number of thioether (sulfide) groups is 1. The summed E-state index contributed by atoms with van der Waals surface area (Å²) in [5, 5.41) is 23.4. The monoisotopic (exact) mass is 613 g/mol. The molecule has 0 aliphatic heterocycles. The van der Waals surface area contributed by atoms with Crippen LogP contribution in [0.15, 0.2) is 79.9 Å². The van der Waals surface area contributed by atoms with Crippen LogP contribution in [-0.2, 0) is 4.79 Å². The zero-order valence-electron chi connectivity index (χ0n) is 18.9. The average Bonchev–Trinajstić information content (AvgIpc) is 3.25. The number of hydrogen-bond donors (Lipinski definition) is 2. The number of hydrogen-bond acceptors (Lipinski definition) is 6. The molecule has 0 radical (unpaired) electrons. The Morgan fingerprint density at radius 2 is 1.71 bits per heavy atom. The molecule has 1 amide bonds. The fourth-order valence-electron chi connectivity index (χ4n) is 3.20. The van der Waals surface area contributed by atoms with Crippen LogP contribution in [0.3, 0.4) is 0 Å². The maximum atomic E-state index is 12.4. The zero-order valence-corrected chi connectivity index (χ0v) is 22.9. The highest BCUT2D eigenvalue weighted by molar-refractivity contribution is 9.11. The molecule has 10 heteroatoms.